The number of benzene rings is 1. The predicted octanol–water partition coefficient (Wildman–Crippen LogP) is 2.76. The first-order valence-corrected chi connectivity index (χ1v) is 7.19. The van der Waals surface area contributed by atoms with E-state index in [1.54, 1.807) is 35.2 Å². The zero-order valence-corrected chi connectivity index (χ0v) is 12.8. The van der Waals surface area contributed by atoms with Gasteiger partial charge in [-0.25, -0.2) is 19.3 Å². The van der Waals surface area contributed by atoms with Crippen molar-refractivity contribution in [2.75, 3.05) is 5.32 Å². The summed E-state index contributed by atoms with van der Waals surface area (Å²) in [6, 6.07) is 6.21. The molecule has 0 spiro atoms. The van der Waals surface area contributed by atoms with Crippen LogP contribution in [0.3, 0.4) is 0 Å². The van der Waals surface area contributed by atoms with E-state index in [2.05, 4.69) is 20.3 Å². The second-order valence-corrected chi connectivity index (χ2v) is 4.96. The molecule has 2 heterocycles. The van der Waals surface area contributed by atoms with Gasteiger partial charge in [-0.1, -0.05) is 18.2 Å². The fourth-order valence-electron chi connectivity index (χ4n) is 2.06. The maximum absolute atomic E-state index is 13.5. The summed E-state index contributed by atoms with van der Waals surface area (Å²) in [5, 5.41) is 2.62. The number of anilines is 1. The molecule has 0 fully saturated rings. The molecule has 24 heavy (non-hydrogen) atoms. The number of halogens is 1. The molecule has 0 aliphatic rings. The number of nitrogens with zero attached hydrogens (tertiary/aromatic N) is 4. The van der Waals surface area contributed by atoms with E-state index in [0.717, 1.165) is 5.82 Å². The first kappa shape index (κ1) is 15.5. The van der Waals surface area contributed by atoms with E-state index in [4.69, 9.17) is 0 Å². The summed E-state index contributed by atoms with van der Waals surface area (Å²) in [6.07, 6.45) is 9.07. The fourth-order valence-corrected chi connectivity index (χ4v) is 2.06. The normalized spacial score (nSPS) is 10.9. The topological polar surface area (TPSA) is 72.7 Å². The van der Waals surface area contributed by atoms with Gasteiger partial charge in [0, 0.05) is 24.0 Å². The Morgan fingerprint density at radius 2 is 1.96 bits per heavy atom. The van der Waals surface area contributed by atoms with Crippen LogP contribution in [-0.4, -0.2) is 25.4 Å². The maximum atomic E-state index is 13.5. The monoisotopic (exact) mass is 323 g/mol. The molecular formula is C17H14FN5O. The summed E-state index contributed by atoms with van der Waals surface area (Å²) in [7, 11) is 0. The first-order valence-electron chi connectivity index (χ1n) is 7.19. The van der Waals surface area contributed by atoms with Gasteiger partial charge in [-0.2, -0.15) is 0 Å². The number of imidazole rings is 1. The Balaban J connectivity index is 1.67. The van der Waals surface area contributed by atoms with Crippen molar-refractivity contribution in [2.24, 2.45) is 0 Å². The minimum absolute atomic E-state index is 0.342. The Hall–Kier alpha value is -3.35. The van der Waals surface area contributed by atoms with Crippen molar-refractivity contribution in [2.45, 2.75) is 6.92 Å². The third-order valence-electron chi connectivity index (χ3n) is 3.27. The second-order valence-electron chi connectivity index (χ2n) is 4.96. The van der Waals surface area contributed by atoms with Gasteiger partial charge in [0.2, 0.25) is 11.9 Å². The molecule has 3 rings (SSSR count). The van der Waals surface area contributed by atoms with Crippen LogP contribution < -0.4 is 5.32 Å². The van der Waals surface area contributed by atoms with Crippen LogP contribution in [-0.2, 0) is 4.79 Å². The number of hydrogen-bond acceptors (Lipinski definition) is 4. The van der Waals surface area contributed by atoms with E-state index in [1.165, 1.54) is 30.6 Å². The third kappa shape index (κ3) is 3.52. The van der Waals surface area contributed by atoms with Crippen LogP contribution in [0.2, 0.25) is 0 Å². The van der Waals surface area contributed by atoms with Gasteiger partial charge in [-0.05, 0) is 19.1 Å². The van der Waals surface area contributed by atoms with Gasteiger partial charge in [0.15, 0.2) is 0 Å². The van der Waals surface area contributed by atoms with E-state index in [9.17, 15) is 9.18 Å². The Morgan fingerprint density at radius 3 is 2.62 bits per heavy atom. The molecule has 1 amide bonds. The summed E-state index contributed by atoms with van der Waals surface area (Å²) < 4.78 is 15.2. The number of nitrogens with one attached hydrogen (secondary N) is 1. The van der Waals surface area contributed by atoms with Crippen LogP contribution in [0.4, 0.5) is 10.1 Å². The summed E-state index contributed by atoms with van der Waals surface area (Å²) in [5.41, 5.74) is 0.787. The Bertz CT molecular complexity index is 886. The van der Waals surface area contributed by atoms with Gasteiger partial charge in [-0.15, -0.1) is 0 Å². The summed E-state index contributed by atoms with van der Waals surface area (Å²) in [4.78, 5) is 24.3. The number of aryl methyl sites for hydroxylation is 1. The first-order chi connectivity index (χ1) is 11.6. The number of carbonyl (C=O) groups is 1. The predicted molar refractivity (Wildman–Crippen MR) is 88.0 cm³/mol. The van der Waals surface area contributed by atoms with E-state index < -0.39 is 5.91 Å². The van der Waals surface area contributed by atoms with E-state index in [1.807, 2.05) is 6.92 Å². The van der Waals surface area contributed by atoms with Crippen molar-refractivity contribution in [1.29, 1.82) is 0 Å². The molecule has 0 aliphatic carbocycles. The zero-order chi connectivity index (χ0) is 16.9. The molecule has 6 nitrogen and oxygen atoms in total. The average Bonchev–Trinajstić information content (AvgIpc) is 3.01. The highest BCUT2D eigenvalue weighted by Crippen LogP contribution is 2.10. The fraction of sp³-hybridized carbons (Fsp3) is 0.0588. The van der Waals surface area contributed by atoms with Crippen LogP contribution in [0.5, 0.6) is 0 Å². The molecule has 7 heteroatoms. The van der Waals surface area contributed by atoms with Gasteiger partial charge in [0.25, 0.3) is 0 Å². The molecule has 1 aromatic carbocycles. The van der Waals surface area contributed by atoms with Gasteiger partial charge >= 0.3 is 0 Å². The van der Waals surface area contributed by atoms with Crippen LogP contribution >= 0.6 is 0 Å². The molecule has 3 aromatic rings. The average molecular weight is 323 g/mol. The summed E-state index contributed by atoms with van der Waals surface area (Å²) >= 11 is 0. The summed E-state index contributed by atoms with van der Waals surface area (Å²) in [6.45, 7) is 1.84. The molecule has 120 valence electrons. The van der Waals surface area contributed by atoms with Crippen molar-refractivity contribution >= 4 is 17.7 Å². The largest absolute Gasteiger partial charge is 0.320 e. The summed E-state index contributed by atoms with van der Waals surface area (Å²) in [5.74, 6) is 0.447. The molecule has 0 radical (unpaired) electrons. The van der Waals surface area contributed by atoms with Gasteiger partial charge in [0.05, 0.1) is 18.1 Å². The minimum atomic E-state index is -0.395. The lowest BCUT2D eigenvalue weighted by molar-refractivity contribution is -0.111. The second kappa shape index (κ2) is 6.82. The van der Waals surface area contributed by atoms with Crippen LogP contribution in [0.15, 0.2) is 55.1 Å². The standard InChI is InChI=1S/C17H14FN5O/c1-12-19-8-9-23(12)17-20-10-14(11-21-17)22-16(24)7-6-13-4-2-3-5-15(13)18/h2-11H,1H3,(H,22,24)/b7-6+. The number of aromatic nitrogens is 4. The van der Waals surface area contributed by atoms with Crippen molar-refractivity contribution in [3.8, 4) is 5.95 Å². The highest BCUT2D eigenvalue weighted by Gasteiger charge is 2.05. The number of hydrogen-bond donors (Lipinski definition) is 1. The highest BCUT2D eigenvalue weighted by atomic mass is 19.1. The smallest absolute Gasteiger partial charge is 0.248 e. The van der Waals surface area contributed by atoms with Crippen molar-refractivity contribution in [1.82, 2.24) is 19.5 Å². The molecular weight excluding hydrogens is 309 g/mol. The van der Waals surface area contributed by atoms with E-state index in [0.29, 0.717) is 17.2 Å². The van der Waals surface area contributed by atoms with Crippen LogP contribution in [0.25, 0.3) is 12.0 Å². The molecule has 0 atom stereocenters. The van der Waals surface area contributed by atoms with E-state index in [-0.39, 0.29) is 5.82 Å². The minimum Gasteiger partial charge on any atom is -0.320 e. The highest BCUT2D eigenvalue weighted by molar-refractivity contribution is 6.01. The lowest BCUT2D eigenvalue weighted by Gasteiger charge is -2.05. The Morgan fingerprint density at radius 1 is 1.21 bits per heavy atom. The quantitative estimate of drug-likeness (QED) is 0.749. The van der Waals surface area contributed by atoms with E-state index >= 15 is 0 Å². The number of amides is 1. The lowest BCUT2D eigenvalue weighted by Crippen LogP contribution is -2.09. The number of rotatable bonds is 4. The molecule has 0 saturated heterocycles. The Labute approximate surface area is 137 Å². The van der Waals surface area contributed by atoms with Crippen molar-refractivity contribution in [3.63, 3.8) is 0 Å². The third-order valence-corrected chi connectivity index (χ3v) is 3.27. The molecule has 2 aromatic heterocycles. The molecule has 0 unspecified atom stereocenters. The van der Waals surface area contributed by atoms with Crippen molar-refractivity contribution in [3.05, 3.63) is 72.3 Å². The molecule has 0 aliphatic heterocycles. The van der Waals surface area contributed by atoms with Gasteiger partial charge < -0.3 is 5.32 Å². The van der Waals surface area contributed by atoms with Gasteiger partial charge in [0.1, 0.15) is 11.6 Å². The molecule has 0 saturated carbocycles. The SMILES string of the molecule is Cc1nccn1-c1ncc(NC(=O)/C=C/c2ccccc2F)cn1. The van der Waals surface area contributed by atoms with Crippen LogP contribution in [0.1, 0.15) is 11.4 Å². The molecule has 1 N–H and O–H groups in total. The Kier molecular flexibility index (Phi) is 4.42. The molecule has 0 bridgehead atoms. The lowest BCUT2D eigenvalue weighted by atomic mass is 10.2. The maximum Gasteiger partial charge on any atom is 0.248 e. The van der Waals surface area contributed by atoms with Crippen molar-refractivity contribution < 1.29 is 9.18 Å². The zero-order valence-electron chi connectivity index (χ0n) is 12.8. The number of carbonyl (C=O) groups excluding carboxylic acids is 1. The van der Waals surface area contributed by atoms with Gasteiger partial charge in [-0.3, -0.25) is 9.36 Å². The van der Waals surface area contributed by atoms with Crippen LogP contribution in [0, 0.1) is 12.7 Å².